The maximum atomic E-state index is 11.6. The highest BCUT2D eigenvalue weighted by Gasteiger charge is 2.19. The van der Waals surface area contributed by atoms with Crippen molar-refractivity contribution in [1.82, 2.24) is 5.43 Å². The first-order chi connectivity index (χ1) is 11.3. The fraction of sp³-hybridized carbons (Fsp3) is 0.222. The summed E-state index contributed by atoms with van der Waals surface area (Å²) in [7, 11) is -3.17. The Morgan fingerprint density at radius 2 is 1.67 bits per heavy atom. The van der Waals surface area contributed by atoms with Crippen LogP contribution in [0.2, 0.25) is 0 Å². The summed E-state index contributed by atoms with van der Waals surface area (Å²) in [5, 5.41) is 2.14. The van der Waals surface area contributed by atoms with Crippen LogP contribution in [0.15, 0.2) is 51.1 Å². The number of hydrogen-bond acceptors (Lipinski definition) is 4. The van der Waals surface area contributed by atoms with Gasteiger partial charge in [0.05, 0.1) is 14.3 Å². The molecule has 0 saturated heterocycles. The van der Waals surface area contributed by atoms with Crippen LogP contribution in [0.4, 0.5) is 5.69 Å². The number of fused-ring (bicyclic) bond motifs is 1. The number of hydrazine groups is 1. The van der Waals surface area contributed by atoms with Crippen LogP contribution in [0.1, 0.15) is 19.4 Å². The van der Waals surface area contributed by atoms with Gasteiger partial charge in [-0.2, -0.15) is 0 Å². The summed E-state index contributed by atoms with van der Waals surface area (Å²) in [5.41, 5.74) is 7.73. The van der Waals surface area contributed by atoms with Crippen molar-refractivity contribution in [2.24, 2.45) is 0 Å². The van der Waals surface area contributed by atoms with Gasteiger partial charge in [-0.1, -0.05) is 24.3 Å². The predicted molar refractivity (Wildman–Crippen MR) is 108 cm³/mol. The van der Waals surface area contributed by atoms with E-state index in [-0.39, 0.29) is 0 Å². The molecule has 0 aromatic heterocycles. The molecule has 24 heavy (non-hydrogen) atoms. The molecule has 4 nitrogen and oxygen atoms in total. The Kier molecular flexibility index (Phi) is 4.61. The molecule has 1 aliphatic heterocycles. The van der Waals surface area contributed by atoms with Crippen molar-refractivity contribution in [3.63, 3.8) is 0 Å². The lowest BCUT2D eigenvalue weighted by molar-refractivity contribution is 0.602. The third-order valence-electron chi connectivity index (χ3n) is 3.93. The van der Waals surface area contributed by atoms with Gasteiger partial charge in [0, 0.05) is 17.9 Å². The van der Waals surface area contributed by atoms with Gasteiger partial charge < -0.3 is 0 Å². The van der Waals surface area contributed by atoms with E-state index >= 15 is 0 Å². The molecule has 0 fully saturated rings. The normalized spacial score (nSPS) is 14.2. The van der Waals surface area contributed by atoms with Crippen LogP contribution in [-0.2, 0) is 9.84 Å². The highest BCUT2D eigenvalue weighted by atomic mass is 127. The van der Waals surface area contributed by atoms with Gasteiger partial charge in [0.15, 0.2) is 9.84 Å². The van der Waals surface area contributed by atoms with Gasteiger partial charge in [-0.3, -0.25) is 10.4 Å². The van der Waals surface area contributed by atoms with Crippen LogP contribution in [0, 0.1) is 0 Å². The maximum absolute atomic E-state index is 11.6. The lowest BCUT2D eigenvalue weighted by Crippen LogP contribution is -2.43. The highest BCUT2D eigenvalue weighted by molar-refractivity contribution is 14.1. The second-order valence-corrected chi connectivity index (χ2v) is 9.32. The molecular weight excluding hydrogens is 435 g/mol. The second-order valence-electron chi connectivity index (χ2n) is 6.14. The van der Waals surface area contributed by atoms with Crippen LogP contribution in [0.5, 0.6) is 0 Å². The monoisotopic (exact) mass is 454 g/mol. The Morgan fingerprint density at radius 1 is 1.04 bits per heavy atom. The van der Waals surface area contributed by atoms with Crippen LogP contribution in [0.25, 0.3) is 17.2 Å². The lowest BCUT2D eigenvalue weighted by atomic mass is 10.0. The number of nitrogens with zero attached hydrogens (tertiary/aromatic N) is 1. The molecule has 2 aromatic carbocycles. The van der Waals surface area contributed by atoms with Gasteiger partial charge in [0.1, 0.15) is 0 Å². The molecule has 0 atom stereocenters. The standard InChI is InChI=1S/C18H19IN2O2S/c1-12(2)21-17-10-14(4-5-15(17)11-18(19)20-21)13-6-8-16(9-7-13)24(3,22)23/h4-12,20H,1-3H3. The zero-order valence-electron chi connectivity index (χ0n) is 13.7. The van der Waals surface area contributed by atoms with Gasteiger partial charge in [0.2, 0.25) is 0 Å². The van der Waals surface area contributed by atoms with Crippen LogP contribution < -0.4 is 10.4 Å². The molecule has 0 saturated carbocycles. The fourth-order valence-electron chi connectivity index (χ4n) is 2.70. The average molecular weight is 454 g/mol. The summed E-state index contributed by atoms with van der Waals surface area (Å²) in [4.78, 5) is 0.340. The minimum atomic E-state index is -3.17. The van der Waals surface area contributed by atoms with Crippen molar-refractivity contribution in [2.45, 2.75) is 24.8 Å². The van der Waals surface area contributed by atoms with E-state index in [1.807, 2.05) is 12.1 Å². The number of anilines is 1. The molecule has 0 spiro atoms. The van der Waals surface area contributed by atoms with E-state index in [4.69, 9.17) is 0 Å². The molecule has 0 radical (unpaired) electrons. The average Bonchev–Trinajstić information content (AvgIpc) is 2.53. The van der Waals surface area contributed by atoms with Crippen molar-refractivity contribution in [3.8, 4) is 11.1 Å². The number of halogens is 1. The van der Waals surface area contributed by atoms with Gasteiger partial charge in [0.25, 0.3) is 0 Å². The van der Waals surface area contributed by atoms with Gasteiger partial charge >= 0.3 is 0 Å². The van der Waals surface area contributed by atoms with E-state index in [0.717, 1.165) is 20.5 Å². The number of hydrogen-bond donors (Lipinski definition) is 1. The third-order valence-corrected chi connectivity index (χ3v) is 5.61. The number of sulfone groups is 1. The first-order valence-corrected chi connectivity index (χ1v) is 10.6. The Bertz CT molecular complexity index is 903. The molecular formula is C18H19IN2O2S. The van der Waals surface area contributed by atoms with Crippen molar-refractivity contribution >= 4 is 44.2 Å². The van der Waals surface area contributed by atoms with Crippen molar-refractivity contribution in [3.05, 3.63) is 51.7 Å². The van der Waals surface area contributed by atoms with E-state index in [1.165, 1.54) is 11.8 Å². The molecule has 0 aliphatic carbocycles. The summed E-state index contributed by atoms with van der Waals surface area (Å²) >= 11 is 2.28. The summed E-state index contributed by atoms with van der Waals surface area (Å²) in [5.74, 6) is 0. The molecule has 2 aromatic rings. The maximum Gasteiger partial charge on any atom is 0.175 e. The van der Waals surface area contributed by atoms with Crippen molar-refractivity contribution in [2.75, 3.05) is 11.3 Å². The molecule has 1 N–H and O–H groups in total. The van der Waals surface area contributed by atoms with E-state index in [1.54, 1.807) is 12.1 Å². The van der Waals surface area contributed by atoms with Gasteiger partial charge in [-0.25, -0.2) is 8.42 Å². The third kappa shape index (κ3) is 3.44. The van der Waals surface area contributed by atoms with E-state index in [9.17, 15) is 8.42 Å². The quantitative estimate of drug-likeness (QED) is 0.558. The van der Waals surface area contributed by atoms with Crippen LogP contribution >= 0.6 is 22.6 Å². The molecule has 0 amide bonds. The number of benzene rings is 2. The summed E-state index contributed by atoms with van der Waals surface area (Å²) in [6.45, 7) is 4.28. The number of rotatable bonds is 3. The highest BCUT2D eigenvalue weighted by Crippen LogP contribution is 2.34. The molecule has 1 aliphatic rings. The summed E-state index contributed by atoms with van der Waals surface area (Å²) in [6, 6.07) is 13.6. The molecule has 126 valence electrons. The Hall–Kier alpha value is -1.54. The first kappa shape index (κ1) is 17.3. The van der Waals surface area contributed by atoms with E-state index in [0.29, 0.717) is 10.9 Å². The van der Waals surface area contributed by atoms with E-state index in [2.05, 4.69) is 71.1 Å². The molecule has 6 heteroatoms. The summed E-state index contributed by atoms with van der Waals surface area (Å²) in [6.07, 6.45) is 3.34. The molecule has 0 unspecified atom stereocenters. The first-order valence-electron chi connectivity index (χ1n) is 7.63. The SMILES string of the molecule is CC(C)N1NC(I)=Cc2ccc(-c3ccc(S(C)(=O)=O)cc3)cc21. The van der Waals surface area contributed by atoms with Gasteiger partial charge in [-0.15, -0.1) is 0 Å². The van der Waals surface area contributed by atoms with Crippen molar-refractivity contribution < 1.29 is 8.42 Å². The minimum absolute atomic E-state index is 0.310. The second kappa shape index (κ2) is 6.40. The largest absolute Gasteiger partial charge is 0.292 e. The summed E-state index contributed by atoms with van der Waals surface area (Å²) < 4.78 is 24.3. The Balaban J connectivity index is 2.04. The van der Waals surface area contributed by atoms with Crippen molar-refractivity contribution in [1.29, 1.82) is 0 Å². The molecule has 1 heterocycles. The molecule has 0 bridgehead atoms. The zero-order valence-corrected chi connectivity index (χ0v) is 16.7. The van der Waals surface area contributed by atoms with Crippen LogP contribution in [0.3, 0.4) is 0 Å². The Morgan fingerprint density at radius 3 is 2.25 bits per heavy atom. The number of nitrogens with one attached hydrogen (secondary N) is 1. The lowest BCUT2D eigenvalue weighted by Gasteiger charge is -2.34. The predicted octanol–water partition coefficient (Wildman–Crippen LogP) is 4.22. The minimum Gasteiger partial charge on any atom is -0.292 e. The topological polar surface area (TPSA) is 49.4 Å². The smallest absolute Gasteiger partial charge is 0.175 e. The zero-order chi connectivity index (χ0) is 17.5. The van der Waals surface area contributed by atoms with Gasteiger partial charge in [-0.05, 0) is 71.8 Å². The Labute approximate surface area is 156 Å². The van der Waals surface area contributed by atoms with Crippen LogP contribution in [-0.4, -0.2) is 20.7 Å². The molecule has 3 rings (SSSR count). The fourth-order valence-corrected chi connectivity index (χ4v) is 3.93. The van der Waals surface area contributed by atoms with E-state index < -0.39 is 9.84 Å².